The summed E-state index contributed by atoms with van der Waals surface area (Å²) in [6, 6.07) is 8.21. The molecule has 0 fully saturated rings. The van der Waals surface area contributed by atoms with Crippen molar-refractivity contribution in [1.29, 1.82) is 0 Å². The first-order valence-electron chi connectivity index (χ1n) is 7.36. The van der Waals surface area contributed by atoms with Crippen LogP contribution in [-0.2, 0) is 20.0 Å². The number of aliphatic hydroxyl groups is 1. The molecule has 2 rings (SSSR count). The number of benzene rings is 1. The van der Waals surface area contributed by atoms with E-state index in [1.807, 2.05) is 23.7 Å². The standard InChI is InChI=1S/C16H24N4O/c1-12(2)8-13-4-6-14(7-5-13)15(21)9-17-10-16-19-18-11-20(16)3/h4-7,11-12,15,17,21H,8-10H2,1-3H3. The van der Waals surface area contributed by atoms with E-state index >= 15 is 0 Å². The van der Waals surface area contributed by atoms with Crippen LogP contribution in [-0.4, -0.2) is 26.4 Å². The Bertz CT molecular complexity index is 548. The molecule has 5 nitrogen and oxygen atoms in total. The summed E-state index contributed by atoms with van der Waals surface area (Å²) in [6.07, 6.45) is 2.23. The van der Waals surface area contributed by atoms with Crippen molar-refractivity contribution in [1.82, 2.24) is 20.1 Å². The molecule has 1 unspecified atom stereocenters. The second kappa shape index (κ2) is 7.33. The van der Waals surface area contributed by atoms with E-state index in [1.165, 1.54) is 5.56 Å². The van der Waals surface area contributed by atoms with E-state index in [-0.39, 0.29) is 0 Å². The van der Waals surface area contributed by atoms with Crippen LogP contribution in [0.2, 0.25) is 0 Å². The number of nitrogens with one attached hydrogen (secondary N) is 1. The van der Waals surface area contributed by atoms with Crippen LogP contribution in [0.1, 0.15) is 36.9 Å². The van der Waals surface area contributed by atoms with Crippen molar-refractivity contribution in [2.24, 2.45) is 13.0 Å². The van der Waals surface area contributed by atoms with Crippen molar-refractivity contribution < 1.29 is 5.11 Å². The summed E-state index contributed by atoms with van der Waals surface area (Å²) in [5, 5.41) is 21.2. The van der Waals surface area contributed by atoms with Crippen molar-refractivity contribution in [3.8, 4) is 0 Å². The minimum absolute atomic E-state index is 0.496. The van der Waals surface area contributed by atoms with E-state index in [9.17, 15) is 5.11 Å². The van der Waals surface area contributed by atoms with E-state index < -0.39 is 6.10 Å². The molecule has 0 spiro atoms. The Morgan fingerprint density at radius 2 is 1.95 bits per heavy atom. The zero-order chi connectivity index (χ0) is 15.2. The van der Waals surface area contributed by atoms with Gasteiger partial charge in [0.25, 0.3) is 0 Å². The van der Waals surface area contributed by atoms with Gasteiger partial charge in [0.15, 0.2) is 0 Å². The number of aliphatic hydroxyl groups excluding tert-OH is 1. The fraction of sp³-hybridized carbons (Fsp3) is 0.500. The lowest BCUT2D eigenvalue weighted by molar-refractivity contribution is 0.174. The second-order valence-electron chi connectivity index (χ2n) is 5.84. The topological polar surface area (TPSA) is 63.0 Å². The third-order valence-electron chi connectivity index (χ3n) is 3.43. The van der Waals surface area contributed by atoms with Gasteiger partial charge in [-0.15, -0.1) is 10.2 Å². The molecule has 2 aromatic rings. The number of aryl methyl sites for hydroxylation is 1. The van der Waals surface area contributed by atoms with Crippen molar-refractivity contribution in [3.05, 3.63) is 47.5 Å². The monoisotopic (exact) mass is 288 g/mol. The molecule has 0 aliphatic rings. The van der Waals surface area contributed by atoms with Crippen LogP contribution in [0.25, 0.3) is 0 Å². The van der Waals surface area contributed by atoms with Gasteiger partial charge in [-0.1, -0.05) is 38.1 Å². The van der Waals surface area contributed by atoms with E-state index in [0.29, 0.717) is 19.0 Å². The maximum Gasteiger partial charge on any atom is 0.146 e. The van der Waals surface area contributed by atoms with E-state index in [1.54, 1.807) is 6.33 Å². The summed E-state index contributed by atoms with van der Waals surface area (Å²) in [4.78, 5) is 0. The third kappa shape index (κ3) is 4.65. The molecule has 0 amide bonds. The molecule has 0 radical (unpaired) electrons. The first kappa shape index (κ1) is 15.7. The lowest BCUT2D eigenvalue weighted by Crippen LogP contribution is -2.22. The van der Waals surface area contributed by atoms with Gasteiger partial charge in [0.1, 0.15) is 12.2 Å². The Labute approximate surface area is 126 Å². The molecule has 0 aliphatic heterocycles. The van der Waals surface area contributed by atoms with Crippen LogP contribution in [0, 0.1) is 5.92 Å². The molecule has 1 aromatic carbocycles. The van der Waals surface area contributed by atoms with Crippen molar-refractivity contribution >= 4 is 0 Å². The molecule has 0 saturated carbocycles. The molecule has 21 heavy (non-hydrogen) atoms. The summed E-state index contributed by atoms with van der Waals surface area (Å²) in [6.45, 7) is 5.51. The molecular weight excluding hydrogens is 264 g/mol. The van der Waals surface area contributed by atoms with Crippen LogP contribution in [0.5, 0.6) is 0 Å². The Morgan fingerprint density at radius 3 is 2.52 bits per heavy atom. The molecule has 2 N–H and O–H groups in total. The van der Waals surface area contributed by atoms with Crippen molar-refractivity contribution in [2.45, 2.75) is 32.9 Å². The summed E-state index contributed by atoms with van der Waals surface area (Å²) < 4.78 is 1.86. The average molecular weight is 288 g/mol. The van der Waals surface area contributed by atoms with Crippen LogP contribution in [0.3, 0.4) is 0 Å². The van der Waals surface area contributed by atoms with Crippen LogP contribution in [0.15, 0.2) is 30.6 Å². The lowest BCUT2D eigenvalue weighted by atomic mass is 10.0. The summed E-state index contributed by atoms with van der Waals surface area (Å²) >= 11 is 0. The minimum atomic E-state index is -0.508. The zero-order valence-corrected chi connectivity index (χ0v) is 13.0. The fourth-order valence-electron chi connectivity index (χ4n) is 2.25. The first-order valence-corrected chi connectivity index (χ1v) is 7.36. The predicted molar refractivity (Wildman–Crippen MR) is 82.7 cm³/mol. The largest absolute Gasteiger partial charge is 0.387 e. The summed E-state index contributed by atoms with van der Waals surface area (Å²) in [5.41, 5.74) is 2.25. The zero-order valence-electron chi connectivity index (χ0n) is 13.0. The highest BCUT2D eigenvalue weighted by atomic mass is 16.3. The highest BCUT2D eigenvalue weighted by Crippen LogP contribution is 2.15. The molecule has 114 valence electrons. The van der Waals surface area contributed by atoms with Crippen molar-refractivity contribution in [2.75, 3.05) is 6.54 Å². The Morgan fingerprint density at radius 1 is 1.24 bits per heavy atom. The van der Waals surface area contributed by atoms with Crippen LogP contribution in [0.4, 0.5) is 0 Å². The number of hydrogen-bond donors (Lipinski definition) is 2. The predicted octanol–water partition coefficient (Wildman–Crippen LogP) is 1.84. The number of aromatic nitrogens is 3. The van der Waals surface area contributed by atoms with E-state index in [2.05, 4.69) is 41.5 Å². The van der Waals surface area contributed by atoms with Gasteiger partial charge in [0.2, 0.25) is 0 Å². The van der Waals surface area contributed by atoms with Gasteiger partial charge in [-0.05, 0) is 23.5 Å². The molecule has 1 atom stereocenters. The Kier molecular flexibility index (Phi) is 5.47. The molecule has 0 aliphatic carbocycles. The van der Waals surface area contributed by atoms with E-state index in [4.69, 9.17) is 0 Å². The van der Waals surface area contributed by atoms with Gasteiger partial charge in [0.05, 0.1) is 12.6 Å². The first-order chi connectivity index (χ1) is 10.1. The maximum absolute atomic E-state index is 10.2. The molecule has 1 aromatic heterocycles. The molecular formula is C16H24N4O. The van der Waals surface area contributed by atoms with Crippen LogP contribution < -0.4 is 5.32 Å². The lowest BCUT2D eigenvalue weighted by Gasteiger charge is -2.13. The van der Waals surface area contributed by atoms with Gasteiger partial charge >= 0.3 is 0 Å². The van der Waals surface area contributed by atoms with Gasteiger partial charge in [-0.3, -0.25) is 0 Å². The van der Waals surface area contributed by atoms with Gasteiger partial charge in [0, 0.05) is 13.6 Å². The summed E-state index contributed by atoms with van der Waals surface area (Å²) in [7, 11) is 1.90. The molecule has 0 saturated heterocycles. The van der Waals surface area contributed by atoms with Gasteiger partial charge < -0.3 is 15.0 Å². The Hall–Kier alpha value is -1.72. The normalized spacial score (nSPS) is 12.8. The molecule has 1 heterocycles. The highest BCUT2D eigenvalue weighted by Gasteiger charge is 2.08. The second-order valence-corrected chi connectivity index (χ2v) is 5.84. The smallest absolute Gasteiger partial charge is 0.146 e. The highest BCUT2D eigenvalue weighted by molar-refractivity contribution is 5.24. The SMILES string of the molecule is CC(C)Cc1ccc(C(O)CNCc2nncn2C)cc1. The van der Waals surface area contributed by atoms with Gasteiger partial charge in [-0.25, -0.2) is 0 Å². The minimum Gasteiger partial charge on any atom is -0.387 e. The molecule has 0 bridgehead atoms. The maximum atomic E-state index is 10.2. The number of hydrogen-bond acceptors (Lipinski definition) is 4. The Balaban J connectivity index is 1.82. The third-order valence-corrected chi connectivity index (χ3v) is 3.43. The fourth-order valence-corrected chi connectivity index (χ4v) is 2.25. The average Bonchev–Trinajstić information content (AvgIpc) is 2.84. The van der Waals surface area contributed by atoms with Crippen LogP contribution >= 0.6 is 0 Å². The molecule has 5 heteroatoms. The number of rotatable bonds is 7. The number of nitrogens with zero attached hydrogens (tertiary/aromatic N) is 3. The van der Waals surface area contributed by atoms with Crippen molar-refractivity contribution in [3.63, 3.8) is 0 Å². The summed E-state index contributed by atoms with van der Waals surface area (Å²) in [5.74, 6) is 1.50. The van der Waals surface area contributed by atoms with Gasteiger partial charge in [-0.2, -0.15) is 0 Å². The quantitative estimate of drug-likeness (QED) is 0.816. The van der Waals surface area contributed by atoms with E-state index in [0.717, 1.165) is 17.8 Å².